The Kier molecular flexibility index (Phi) is 6.17. The van der Waals surface area contributed by atoms with Gasteiger partial charge in [0, 0.05) is 44.0 Å². The molecule has 0 bridgehead atoms. The molecule has 1 aromatic heterocycles. The van der Waals surface area contributed by atoms with Crippen molar-refractivity contribution in [3.8, 4) is 0 Å². The van der Waals surface area contributed by atoms with Gasteiger partial charge in [0.05, 0.1) is 0 Å². The van der Waals surface area contributed by atoms with Gasteiger partial charge in [-0.2, -0.15) is 0 Å². The van der Waals surface area contributed by atoms with Crippen LogP contribution in [0.1, 0.15) is 65.0 Å². The summed E-state index contributed by atoms with van der Waals surface area (Å²) in [5, 5.41) is 3.76. The van der Waals surface area contributed by atoms with Crippen LogP contribution < -0.4 is 5.32 Å². The number of likely N-dealkylation sites (tertiary alicyclic amines) is 1. The number of carbonyl (C=O) groups is 1. The van der Waals surface area contributed by atoms with E-state index in [0.717, 1.165) is 32.4 Å². The summed E-state index contributed by atoms with van der Waals surface area (Å²) >= 11 is 0. The molecule has 1 aromatic rings. The molecule has 0 radical (unpaired) electrons. The zero-order valence-electron chi connectivity index (χ0n) is 15.0. The molecule has 1 atom stereocenters. The minimum Gasteiger partial charge on any atom is -0.343 e. The summed E-state index contributed by atoms with van der Waals surface area (Å²) in [6.07, 6.45) is 7.49. The number of rotatable bonds is 5. The first-order valence-electron chi connectivity index (χ1n) is 8.83. The summed E-state index contributed by atoms with van der Waals surface area (Å²) in [7, 11) is 0. The number of carbonyl (C=O) groups excluding carboxylic acids is 1. The van der Waals surface area contributed by atoms with Gasteiger partial charge in [-0.05, 0) is 42.4 Å². The first-order chi connectivity index (χ1) is 10.9. The number of hydrogen-bond donors (Lipinski definition) is 1. The summed E-state index contributed by atoms with van der Waals surface area (Å²) in [5.74, 6) is 0.303. The molecule has 0 aliphatic carbocycles. The van der Waals surface area contributed by atoms with Crippen LogP contribution in [0.25, 0.3) is 0 Å². The lowest BCUT2D eigenvalue weighted by atomic mass is 9.91. The van der Waals surface area contributed by atoms with Crippen molar-refractivity contribution in [2.75, 3.05) is 13.1 Å². The molecule has 23 heavy (non-hydrogen) atoms. The monoisotopic (exact) mass is 317 g/mol. The minimum atomic E-state index is 0.0703. The SMILES string of the molecule is CC[C@@H](NC1CCN(C(=O)CC(C)(C)C)CC1)c1ccncc1. The quantitative estimate of drug-likeness (QED) is 0.903. The van der Waals surface area contributed by atoms with Gasteiger partial charge in [0.1, 0.15) is 0 Å². The van der Waals surface area contributed by atoms with Crippen LogP contribution in [0.3, 0.4) is 0 Å². The molecule has 1 aliphatic heterocycles. The topological polar surface area (TPSA) is 45.2 Å². The van der Waals surface area contributed by atoms with Gasteiger partial charge < -0.3 is 10.2 Å². The normalized spacial score (nSPS) is 18.0. The summed E-state index contributed by atoms with van der Waals surface area (Å²) in [4.78, 5) is 18.5. The fourth-order valence-electron chi connectivity index (χ4n) is 3.19. The maximum Gasteiger partial charge on any atom is 0.223 e. The largest absolute Gasteiger partial charge is 0.343 e. The second-order valence-corrected chi connectivity index (χ2v) is 7.80. The lowest BCUT2D eigenvalue weighted by molar-refractivity contribution is -0.134. The van der Waals surface area contributed by atoms with E-state index in [4.69, 9.17) is 0 Å². The molecule has 0 aromatic carbocycles. The first-order valence-corrected chi connectivity index (χ1v) is 8.83. The molecule has 4 nitrogen and oxygen atoms in total. The Bertz CT molecular complexity index is 487. The van der Waals surface area contributed by atoms with Gasteiger partial charge in [-0.15, -0.1) is 0 Å². The van der Waals surface area contributed by atoms with Crippen molar-refractivity contribution in [3.63, 3.8) is 0 Å². The van der Waals surface area contributed by atoms with Gasteiger partial charge in [0.25, 0.3) is 0 Å². The number of aromatic nitrogens is 1. The predicted octanol–water partition coefficient (Wildman–Crippen LogP) is 3.55. The summed E-state index contributed by atoms with van der Waals surface area (Å²) in [5.41, 5.74) is 1.37. The Morgan fingerprint density at radius 3 is 2.43 bits per heavy atom. The molecule has 0 unspecified atom stereocenters. The van der Waals surface area contributed by atoms with Gasteiger partial charge in [-0.3, -0.25) is 9.78 Å². The molecule has 1 amide bonds. The molecule has 1 aliphatic rings. The van der Waals surface area contributed by atoms with Gasteiger partial charge in [-0.1, -0.05) is 27.7 Å². The fraction of sp³-hybridized carbons (Fsp3) is 0.684. The maximum absolute atomic E-state index is 12.3. The van der Waals surface area contributed by atoms with Crippen LogP contribution in [0.4, 0.5) is 0 Å². The van der Waals surface area contributed by atoms with E-state index in [-0.39, 0.29) is 5.41 Å². The second kappa shape index (κ2) is 7.91. The van der Waals surface area contributed by atoms with E-state index in [9.17, 15) is 4.79 Å². The minimum absolute atomic E-state index is 0.0703. The van der Waals surface area contributed by atoms with E-state index in [0.29, 0.717) is 24.4 Å². The molecule has 1 saturated heterocycles. The third kappa shape index (κ3) is 5.61. The number of nitrogens with zero attached hydrogens (tertiary/aromatic N) is 2. The van der Waals surface area contributed by atoms with Crippen LogP contribution in [0.15, 0.2) is 24.5 Å². The van der Waals surface area contributed by atoms with E-state index >= 15 is 0 Å². The van der Waals surface area contributed by atoms with Crippen LogP contribution in [0.2, 0.25) is 0 Å². The summed E-state index contributed by atoms with van der Waals surface area (Å²) < 4.78 is 0. The Balaban J connectivity index is 1.83. The highest BCUT2D eigenvalue weighted by Crippen LogP contribution is 2.23. The van der Waals surface area contributed by atoms with Crippen LogP contribution >= 0.6 is 0 Å². The van der Waals surface area contributed by atoms with E-state index in [1.54, 1.807) is 0 Å². The molecule has 2 heterocycles. The molecular weight excluding hydrogens is 286 g/mol. The zero-order valence-corrected chi connectivity index (χ0v) is 15.0. The van der Waals surface area contributed by atoms with E-state index in [1.165, 1.54) is 5.56 Å². The molecule has 1 fully saturated rings. The fourth-order valence-corrected chi connectivity index (χ4v) is 3.19. The third-order valence-electron chi connectivity index (χ3n) is 4.48. The Morgan fingerprint density at radius 2 is 1.91 bits per heavy atom. The van der Waals surface area contributed by atoms with Gasteiger partial charge in [-0.25, -0.2) is 0 Å². The zero-order chi connectivity index (χ0) is 16.9. The van der Waals surface area contributed by atoms with Gasteiger partial charge in [0.2, 0.25) is 5.91 Å². The van der Waals surface area contributed by atoms with Crippen molar-refractivity contribution in [2.24, 2.45) is 5.41 Å². The Morgan fingerprint density at radius 1 is 1.30 bits per heavy atom. The Hall–Kier alpha value is -1.42. The lowest BCUT2D eigenvalue weighted by Gasteiger charge is -2.35. The average Bonchev–Trinajstić information content (AvgIpc) is 2.52. The van der Waals surface area contributed by atoms with E-state index in [2.05, 4.69) is 50.1 Å². The number of nitrogens with one attached hydrogen (secondary N) is 1. The van der Waals surface area contributed by atoms with E-state index < -0.39 is 0 Å². The molecular formula is C19H31N3O. The van der Waals surface area contributed by atoms with Crippen molar-refractivity contribution < 1.29 is 4.79 Å². The van der Waals surface area contributed by atoms with Crippen LogP contribution in [0.5, 0.6) is 0 Å². The van der Waals surface area contributed by atoms with Crippen LogP contribution in [-0.4, -0.2) is 34.9 Å². The molecule has 4 heteroatoms. The van der Waals surface area contributed by atoms with Crippen molar-refractivity contribution in [2.45, 2.75) is 65.5 Å². The van der Waals surface area contributed by atoms with Gasteiger partial charge >= 0.3 is 0 Å². The summed E-state index contributed by atoms with van der Waals surface area (Å²) in [6, 6.07) is 5.04. The number of amides is 1. The van der Waals surface area contributed by atoms with Crippen molar-refractivity contribution in [1.29, 1.82) is 0 Å². The predicted molar refractivity (Wildman–Crippen MR) is 94.1 cm³/mol. The van der Waals surface area contributed by atoms with Crippen molar-refractivity contribution >= 4 is 5.91 Å². The van der Waals surface area contributed by atoms with Crippen LogP contribution in [0, 0.1) is 5.41 Å². The van der Waals surface area contributed by atoms with Crippen LogP contribution in [-0.2, 0) is 4.79 Å². The smallest absolute Gasteiger partial charge is 0.223 e. The number of hydrogen-bond acceptors (Lipinski definition) is 3. The van der Waals surface area contributed by atoms with Crippen molar-refractivity contribution in [3.05, 3.63) is 30.1 Å². The van der Waals surface area contributed by atoms with Gasteiger partial charge in [0.15, 0.2) is 0 Å². The average molecular weight is 317 g/mol. The van der Waals surface area contributed by atoms with E-state index in [1.807, 2.05) is 17.3 Å². The highest BCUT2D eigenvalue weighted by molar-refractivity contribution is 5.76. The molecule has 1 N–H and O–H groups in total. The molecule has 0 saturated carbocycles. The first kappa shape index (κ1) is 17.9. The maximum atomic E-state index is 12.3. The second-order valence-electron chi connectivity index (χ2n) is 7.80. The Labute approximate surface area is 140 Å². The highest BCUT2D eigenvalue weighted by atomic mass is 16.2. The standard InChI is InChI=1S/C19H31N3O/c1-5-17(15-6-10-20-11-7-15)21-16-8-12-22(13-9-16)18(23)14-19(2,3)4/h6-7,10-11,16-17,21H,5,8-9,12-14H2,1-4H3/t17-/m1/s1. The lowest BCUT2D eigenvalue weighted by Crippen LogP contribution is -2.46. The molecule has 128 valence electrons. The van der Waals surface area contributed by atoms with Crippen molar-refractivity contribution in [1.82, 2.24) is 15.2 Å². The third-order valence-corrected chi connectivity index (χ3v) is 4.48. The number of piperidine rings is 1. The highest BCUT2D eigenvalue weighted by Gasteiger charge is 2.26. The number of pyridine rings is 1. The molecule has 2 rings (SSSR count). The molecule has 0 spiro atoms. The summed E-state index contributed by atoms with van der Waals surface area (Å²) in [6.45, 7) is 10.3.